The molecule has 3 nitrogen and oxygen atoms in total. The first-order chi connectivity index (χ1) is 10.1. The topological polar surface area (TPSA) is 41.5 Å². The van der Waals surface area contributed by atoms with E-state index in [4.69, 9.17) is 4.74 Å². The number of hydrogen-bond donors (Lipinski definition) is 2. The summed E-state index contributed by atoms with van der Waals surface area (Å²) in [5.41, 5.74) is 2.04. The fourth-order valence-electron chi connectivity index (χ4n) is 2.28. The smallest absolute Gasteiger partial charge is 0.119 e. The maximum atomic E-state index is 10.5. The molecule has 0 radical (unpaired) electrons. The molecule has 0 aliphatic heterocycles. The van der Waals surface area contributed by atoms with Crippen molar-refractivity contribution in [1.29, 1.82) is 0 Å². The Balaban J connectivity index is 2.23. The zero-order valence-electron chi connectivity index (χ0n) is 12.8. The van der Waals surface area contributed by atoms with E-state index in [1.54, 1.807) is 7.11 Å². The van der Waals surface area contributed by atoms with Crippen LogP contribution in [-0.4, -0.2) is 18.3 Å². The van der Waals surface area contributed by atoms with E-state index >= 15 is 0 Å². The summed E-state index contributed by atoms with van der Waals surface area (Å²) in [6, 6.07) is 17.6. The molecule has 2 rings (SSSR count). The molecular formula is C18H23NO2. The Morgan fingerprint density at radius 1 is 0.952 bits per heavy atom. The minimum absolute atomic E-state index is 0.139. The predicted octanol–water partition coefficient (Wildman–Crippen LogP) is 3.87. The van der Waals surface area contributed by atoms with Crippen LogP contribution in [0, 0.1) is 5.92 Å². The van der Waals surface area contributed by atoms with Crippen molar-refractivity contribution in [3.8, 4) is 5.75 Å². The summed E-state index contributed by atoms with van der Waals surface area (Å²) in [6.07, 6.45) is -0.463. The zero-order valence-corrected chi connectivity index (χ0v) is 12.8. The largest absolute Gasteiger partial charge is 0.497 e. The molecule has 0 bridgehead atoms. The van der Waals surface area contributed by atoms with E-state index in [1.807, 2.05) is 68.4 Å². The summed E-state index contributed by atoms with van der Waals surface area (Å²) in [7, 11) is 1.65. The zero-order chi connectivity index (χ0) is 15.2. The number of aliphatic hydroxyl groups is 1. The van der Waals surface area contributed by atoms with Crippen LogP contribution in [-0.2, 0) is 0 Å². The van der Waals surface area contributed by atoms with Gasteiger partial charge in [0.25, 0.3) is 0 Å². The molecule has 0 spiro atoms. The number of nitrogens with one attached hydrogen (secondary N) is 1. The molecule has 2 aromatic rings. The lowest BCUT2D eigenvalue weighted by atomic mass is 9.93. The van der Waals surface area contributed by atoms with Crippen molar-refractivity contribution in [3.63, 3.8) is 0 Å². The van der Waals surface area contributed by atoms with Gasteiger partial charge in [-0.05, 0) is 35.7 Å². The van der Waals surface area contributed by atoms with Gasteiger partial charge in [-0.2, -0.15) is 0 Å². The van der Waals surface area contributed by atoms with Crippen molar-refractivity contribution in [2.75, 3.05) is 12.4 Å². The third-order valence-electron chi connectivity index (χ3n) is 3.60. The molecule has 0 unspecified atom stereocenters. The second-order valence-corrected chi connectivity index (χ2v) is 5.50. The van der Waals surface area contributed by atoms with E-state index < -0.39 is 6.10 Å². The van der Waals surface area contributed by atoms with Gasteiger partial charge in [0, 0.05) is 5.69 Å². The van der Waals surface area contributed by atoms with Crippen LogP contribution < -0.4 is 10.1 Å². The van der Waals surface area contributed by atoms with Gasteiger partial charge < -0.3 is 15.2 Å². The number of aliphatic hydroxyl groups excluding tert-OH is 1. The summed E-state index contributed by atoms with van der Waals surface area (Å²) in [4.78, 5) is 0. The lowest BCUT2D eigenvalue weighted by molar-refractivity contribution is 0.105. The Kier molecular flexibility index (Phi) is 5.23. The standard InChI is InChI=1S/C18H23NO2/c1-13(2)18(20)17(14-7-5-4-6-8-14)19-15-9-11-16(21-3)12-10-15/h4-13,17-20H,1-3H3/t17-,18-/m0/s1. The van der Waals surface area contributed by atoms with Gasteiger partial charge in [0.2, 0.25) is 0 Å². The molecule has 0 aliphatic rings. The van der Waals surface area contributed by atoms with Crippen LogP contribution >= 0.6 is 0 Å². The van der Waals surface area contributed by atoms with Gasteiger partial charge in [0.1, 0.15) is 5.75 Å². The highest BCUT2D eigenvalue weighted by Gasteiger charge is 2.23. The fraction of sp³-hybridized carbons (Fsp3) is 0.333. The van der Waals surface area contributed by atoms with Gasteiger partial charge in [-0.3, -0.25) is 0 Å². The van der Waals surface area contributed by atoms with Crippen molar-refractivity contribution in [1.82, 2.24) is 0 Å². The molecule has 2 atom stereocenters. The maximum Gasteiger partial charge on any atom is 0.119 e. The minimum Gasteiger partial charge on any atom is -0.497 e. The van der Waals surface area contributed by atoms with Gasteiger partial charge >= 0.3 is 0 Å². The Morgan fingerprint density at radius 2 is 1.57 bits per heavy atom. The molecule has 0 saturated carbocycles. The average Bonchev–Trinajstić information content (AvgIpc) is 2.53. The average molecular weight is 285 g/mol. The van der Waals surface area contributed by atoms with E-state index in [0.717, 1.165) is 17.0 Å². The summed E-state index contributed by atoms with van der Waals surface area (Å²) in [5, 5.41) is 13.9. The Morgan fingerprint density at radius 3 is 2.10 bits per heavy atom. The van der Waals surface area contributed by atoms with Gasteiger partial charge in [-0.15, -0.1) is 0 Å². The summed E-state index contributed by atoms with van der Waals surface area (Å²) >= 11 is 0. The van der Waals surface area contributed by atoms with Crippen LogP contribution in [0.2, 0.25) is 0 Å². The van der Waals surface area contributed by atoms with Crippen molar-refractivity contribution in [3.05, 3.63) is 60.2 Å². The number of hydrogen-bond acceptors (Lipinski definition) is 3. The van der Waals surface area contributed by atoms with E-state index in [-0.39, 0.29) is 12.0 Å². The summed E-state index contributed by atoms with van der Waals surface area (Å²) < 4.78 is 5.17. The van der Waals surface area contributed by atoms with Gasteiger partial charge in [0.15, 0.2) is 0 Å². The van der Waals surface area contributed by atoms with Crippen molar-refractivity contribution >= 4 is 5.69 Å². The van der Waals surface area contributed by atoms with Gasteiger partial charge in [0.05, 0.1) is 19.3 Å². The monoisotopic (exact) mass is 285 g/mol. The van der Waals surface area contributed by atoms with E-state index in [9.17, 15) is 5.11 Å². The van der Waals surface area contributed by atoms with Crippen molar-refractivity contribution in [2.24, 2.45) is 5.92 Å². The molecule has 21 heavy (non-hydrogen) atoms. The molecule has 2 aromatic carbocycles. The normalized spacial score (nSPS) is 13.8. The molecule has 0 aliphatic carbocycles. The highest BCUT2D eigenvalue weighted by atomic mass is 16.5. The first kappa shape index (κ1) is 15.4. The number of methoxy groups -OCH3 is 1. The van der Waals surface area contributed by atoms with Gasteiger partial charge in [-0.25, -0.2) is 0 Å². The molecule has 112 valence electrons. The van der Waals surface area contributed by atoms with Gasteiger partial charge in [-0.1, -0.05) is 44.2 Å². The third kappa shape index (κ3) is 3.99. The van der Waals surface area contributed by atoms with E-state index in [2.05, 4.69) is 5.32 Å². The Labute approximate surface area is 126 Å². The first-order valence-corrected chi connectivity index (χ1v) is 7.25. The molecule has 0 saturated heterocycles. The highest BCUT2D eigenvalue weighted by molar-refractivity contribution is 5.48. The molecule has 0 aromatic heterocycles. The van der Waals surface area contributed by atoms with Crippen molar-refractivity contribution in [2.45, 2.75) is 26.0 Å². The fourth-order valence-corrected chi connectivity index (χ4v) is 2.28. The Hall–Kier alpha value is -2.00. The van der Waals surface area contributed by atoms with Crippen molar-refractivity contribution < 1.29 is 9.84 Å². The number of benzene rings is 2. The lowest BCUT2D eigenvalue weighted by Crippen LogP contribution is -2.29. The second-order valence-electron chi connectivity index (χ2n) is 5.50. The third-order valence-corrected chi connectivity index (χ3v) is 3.60. The molecule has 0 amide bonds. The Bertz CT molecular complexity index is 537. The highest BCUT2D eigenvalue weighted by Crippen LogP contribution is 2.27. The quantitative estimate of drug-likeness (QED) is 0.846. The van der Waals surface area contributed by atoms with Crippen LogP contribution in [0.15, 0.2) is 54.6 Å². The summed E-state index contributed by atoms with van der Waals surface area (Å²) in [5.74, 6) is 0.988. The van der Waals surface area contributed by atoms with Crippen LogP contribution in [0.3, 0.4) is 0 Å². The number of ether oxygens (including phenoxy) is 1. The van der Waals surface area contributed by atoms with Crippen LogP contribution in [0.25, 0.3) is 0 Å². The molecule has 0 fully saturated rings. The van der Waals surface area contributed by atoms with Crippen LogP contribution in [0.1, 0.15) is 25.5 Å². The molecular weight excluding hydrogens is 262 g/mol. The SMILES string of the molecule is COc1ccc(N[C@@H](c2ccccc2)[C@@H](O)C(C)C)cc1. The number of anilines is 1. The molecule has 0 heterocycles. The summed E-state index contributed by atoms with van der Waals surface area (Å²) in [6.45, 7) is 4.05. The minimum atomic E-state index is -0.463. The second kappa shape index (κ2) is 7.14. The van der Waals surface area contributed by atoms with E-state index in [0.29, 0.717) is 0 Å². The van der Waals surface area contributed by atoms with Crippen LogP contribution in [0.5, 0.6) is 5.75 Å². The molecule has 2 N–H and O–H groups in total. The van der Waals surface area contributed by atoms with E-state index in [1.165, 1.54) is 0 Å². The first-order valence-electron chi connectivity index (χ1n) is 7.25. The maximum absolute atomic E-state index is 10.5. The number of rotatable bonds is 6. The van der Waals surface area contributed by atoms with Crippen LogP contribution in [0.4, 0.5) is 5.69 Å². The molecule has 3 heteroatoms. The lowest BCUT2D eigenvalue weighted by Gasteiger charge is -2.28. The predicted molar refractivity (Wildman–Crippen MR) is 86.6 cm³/mol.